The maximum Gasteiger partial charge on any atom is 0.416 e. The number of alkyl halides is 3. The van der Waals surface area contributed by atoms with Crippen molar-refractivity contribution in [1.82, 2.24) is 0 Å². The van der Waals surface area contributed by atoms with Crippen molar-refractivity contribution in [1.29, 1.82) is 5.26 Å². The van der Waals surface area contributed by atoms with Gasteiger partial charge < -0.3 is 15.0 Å². The van der Waals surface area contributed by atoms with Gasteiger partial charge in [-0.25, -0.2) is 0 Å². The third-order valence-electron chi connectivity index (χ3n) is 4.42. The van der Waals surface area contributed by atoms with Crippen LogP contribution in [-0.4, -0.2) is 32.2 Å². The number of hydrogen-bond acceptors (Lipinski definition) is 4. The smallest absolute Gasteiger partial charge is 0.378 e. The van der Waals surface area contributed by atoms with Crippen molar-refractivity contribution in [2.24, 2.45) is 0 Å². The molecule has 0 saturated carbocycles. The lowest BCUT2D eigenvalue weighted by Gasteiger charge is -2.28. The highest BCUT2D eigenvalue weighted by atomic mass is 19.4. The molecule has 29 heavy (non-hydrogen) atoms. The zero-order valence-electron chi connectivity index (χ0n) is 15.4. The second-order valence-electron chi connectivity index (χ2n) is 6.39. The number of hydrogen-bond donors (Lipinski definition) is 1. The zero-order chi connectivity index (χ0) is 20.9. The average Bonchev–Trinajstić information content (AvgIpc) is 2.73. The van der Waals surface area contributed by atoms with Crippen LogP contribution in [0.15, 0.2) is 54.1 Å². The van der Waals surface area contributed by atoms with Gasteiger partial charge in [-0.2, -0.15) is 18.4 Å². The molecule has 0 unspecified atom stereocenters. The van der Waals surface area contributed by atoms with Gasteiger partial charge in [0.05, 0.1) is 18.8 Å². The number of nitrogens with one attached hydrogen (secondary N) is 1. The first-order valence-corrected chi connectivity index (χ1v) is 8.90. The van der Waals surface area contributed by atoms with Gasteiger partial charge in [0, 0.05) is 24.5 Å². The highest BCUT2D eigenvalue weighted by Crippen LogP contribution is 2.29. The molecule has 0 spiro atoms. The van der Waals surface area contributed by atoms with E-state index in [1.54, 1.807) is 18.2 Å². The largest absolute Gasteiger partial charge is 0.416 e. The fourth-order valence-electron chi connectivity index (χ4n) is 2.86. The Hall–Kier alpha value is -3.31. The van der Waals surface area contributed by atoms with Crippen molar-refractivity contribution in [3.8, 4) is 6.07 Å². The fraction of sp³-hybridized carbons (Fsp3) is 0.238. The molecule has 5 nitrogen and oxygen atoms in total. The summed E-state index contributed by atoms with van der Waals surface area (Å²) in [6.07, 6.45) is -3.19. The topological polar surface area (TPSA) is 65.4 Å². The van der Waals surface area contributed by atoms with E-state index in [1.165, 1.54) is 18.2 Å². The Balaban J connectivity index is 1.68. The van der Waals surface area contributed by atoms with Crippen molar-refractivity contribution in [3.63, 3.8) is 0 Å². The van der Waals surface area contributed by atoms with Gasteiger partial charge in [0.1, 0.15) is 11.6 Å². The standard InChI is InChI=1S/C21H18F3N3O2/c22-21(23,24)17-3-1-15(2-4-17)13-16(14-25)20(28)26-18-5-7-19(8-6-18)27-9-11-29-12-10-27/h1-8,13H,9-12H2,(H,26,28)/b16-13+. The number of carbonyl (C=O) groups excluding carboxylic acids is 1. The number of halogens is 3. The quantitative estimate of drug-likeness (QED) is 0.619. The van der Waals surface area contributed by atoms with Gasteiger partial charge in [-0.3, -0.25) is 4.79 Å². The number of rotatable bonds is 4. The molecule has 2 aromatic rings. The number of benzene rings is 2. The Morgan fingerprint density at radius 3 is 2.24 bits per heavy atom. The fourth-order valence-corrected chi connectivity index (χ4v) is 2.86. The third-order valence-corrected chi connectivity index (χ3v) is 4.42. The molecule has 8 heteroatoms. The summed E-state index contributed by atoms with van der Waals surface area (Å²) < 4.78 is 43.2. The molecule has 150 valence electrons. The lowest BCUT2D eigenvalue weighted by molar-refractivity contribution is -0.137. The van der Waals surface area contributed by atoms with E-state index in [0.717, 1.165) is 30.9 Å². The van der Waals surface area contributed by atoms with E-state index in [1.807, 2.05) is 12.1 Å². The Kier molecular flexibility index (Phi) is 6.20. The SMILES string of the molecule is N#C/C(=C\c1ccc(C(F)(F)F)cc1)C(=O)Nc1ccc(N2CCOCC2)cc1. The first kappa shape index (κ1) is 20.4. The van der Waals surface area contributed by atoms with E-state index in [9.17, 15) is 23.2 Å². The number of carbonyl (C=O) groups is 1. The van der Waals surface area contributed by atoms with Crippen LogP contribution in [0.1, 0.15) is 11.1 Å². The van der Waals surface area contributed by atoms with Crippen LogP contribution in [0.2, 0.25) is 0 Å². The van der Waals surface area contributed by atoms with E-state index in [2.05, 4.69) is 10.2 Å². The molecule has 0 aliphatic carbocycles. The summed E-state index contributed by atoms with van der Waals surface area (Å²) in [6.45, 7) is 2.91. The van der Waals surface area contributed by atoms with Gasteiger partial charge in [-0.05, 0) is 48.0 Å². The minimum Gasteiger partial charge on any atom is -0.378 e. The van der Waals surface area contributed by atoms with Gasteiger partial charge in [0.2, 0.25) is 0 Å². The first-order chi connectivity index (χ1) is 13.9. The van der Waals surface area contributed by atoms with Gasteiger partial charge in [-0.1, -0.05) is 12.1 Å². The molecule has 1 amide bonds. The van der Waals surface area contributed by atoms with Crippen molar-refractivity contribution >= 4 is 23.4 Å². The molecule has 0 radical (unpaired) electrons. The summed E-state index contributed by atoms with van der Waals surface area (Å²) in [5.41, 5.74) is 0.847. The molecule has 1 aliphatic heterocycles. The van der Waals surface area contributed by atoms with Crippen LogP contribution in [0, 0.1) is 11.3 Å². The summed E-state index contributed by atoms with van der Waals surface area (Å²) in [5.74, 6) is -0.633. The predicted octanol–water partition coefficient (Wildman–Crippen LogP) is 4.09. The van der Waals surface area contributed by atoms with Crippen LogP contribution in [0.5, 0.6) is 0 Å². The highest BCUT2D eigenvalue weighted by Gasteiger charge is 2.29. The van der Waals surface area contributed by atoms with Crippen LogP contribution in [0.4, 0.5) is 24.5 Å². The van der Waals surface area contributed by atoms with Gasteiger partial charge >= 0.3 is 6.18 Å². The van der Waals surface area contributed by atoms with Crippen LogP contribution in [0.3, 0.4) is 0 Å². The van der Waals surface area contributed by atoms with Gasteiger partial charge in [0.25, 0.3) is 5.91 Å². The second-order valence-corrected chi connectivity index (χ2v) is 6.39. The Morgan fingerprint density at radius 1 is 1.07 bits per heavy atom. The number of amides is 1. The monoisotopic (exact) mass is 401 g/mol. The van der Waals surface area contributed by atoms with Crippen LogP contribution < -0.4 is 10.2 Å². The zero-order valence-corrected chi connectivity index (χ0v) is 15.4. The molecule has 0 atom stereocenters. The molecule has 1 saturated heterocycles. The molecule has 3 rings (SSSR count). The van der Waals surface area contributed by atoms with E-state index in [0.29, 0.717) is 24.5 Å². The van der Waals surface area contributed by atoms with E-state index in [4.69, 9.17) is 4.74 Å². The second kappa shape index (κ2) is 8.80. The number of ether oxygens (including phenoxy) is 1. The summed E-state index contributed by atoms with van der Waals surface area (Å²) in [4.78, 5) is 14.5. The molecule has 1 N–H and O–H groups in total. The van der Waals surface area contributed by atoms with Crippen molar-refractivity contribution in [3.05, 3.63) is 65.2 Å². The number of nitriles is 1. The molecule has 0 aromatic heterocycles. The summed E-state index contributed by atoms with van der Waals surface area (Å²) in [5, 5.41) is 11.9. The third kappa shape index (κ3) is 5.36. The minimum atomic E-state index is -4.44. The number of morpholine rings is 1. The van der Waals surface area contributed by atoms with Gasteiger partial charge in [-0.15, -0.1) is 0 Å². The van der Waals surface area contributed by atoms with E-state index < -0.39 is 17.6 Å². The number of anilines is 2. The molecule has 1 fully saturated rings. The maximum absolute atomic E-state index is 12.6. The van der Waals surface area contributed by atoms with Crippen LogP contribution in [-0.2, 0) is 15.7 Å². The summed E-state index contributed by atoms with van der Waals surface area (Å²) in [7, 11) is 0. The van der Waals surface area contributed by atoms with Gasteiger partial charge in [0.15, 0.2) is 0 Å². The summed E-state index contributed by atoms with van der Waals surface area (Å²) >= 11 is 0. The number of nitrogens with zero attached hydrogens (tertiary/aromatic N) is 2. The lowest BCUT2D eigenvalue weighted by Crippen LogP contribution is -2.36. The van der Waals surface area contributed by atoms with Crippen LogP contribution >= 0.6 is 0 Å². The van der Waals surface area contributed by atoms with Crippen molar-refractivity contribution in [2.75, 3.05) is 36.5 Å². The Labute approximate surface area is 166 Å². The van der Waals surface area contributed by atoms with Crippen molar-refractivity contribution in [2.45, 2.75) is 6.18 Å². The molecular weight excluding hydrogens is 383 g/mol. The predicted molar refractivity (Wildman–Crippen MR) is 103 cm³/mol. The van der Waals surface area contributed by atoms with Crippen molar-refractivity contribution < 1.29 is 22.7 Å². The van der Waals surface area contributed by atoms with Crippen LogP contribution in [0.25, 0.3) is 6.08 Å². The average molecular weight is 401 g/mol. The molecule has 1 aliphatic rings. The summed E-state index contributed by atoms with van der Waals surface area (Å²) in [6, 6.07) is 13.2. The Bertz CT molecular complexity index is 924. The molecule has 2 aromatic carbocycles. The highest BCUT2D eigenvalue weighted by molar-refractivity contribution is 6.09. The lowest BCUT2D eigenvalue weighted by atomic mass is 10.1. The maximum atomic E-state index is 12.6. The minimum absolute atomic E-state index is 0.206. The molecule has 0 bridgehead atoms. The Morgan fingerprint density at radius 2 is 1.69 bits per heavy atom. The molecule has 1 heterocycles. The van der Waals surface area contributed by atoms with E-state index in [-0.39, 0.29) is 5.57 Å². The van der Waals surface area contributed by atoms with E-state index >= 15 is 0 Å². The molecular formula is C21H18F3N3O2. The normalized spacial score (nSPS) is 15.0. The first-order valence-electron chi connectivity index (χ1n) is 8.90.